The van der Waals surface area contributed by atoms with Crippen molar-refractivity contribution in [3.8, 4) is 0 Å². The van der Waals surface area contributed by atoms with Crippen LogP contribution in [-0.2, 0) is 4.79 Å². The summed E-state index contributed by atoms with van der Waals surface area (Å²) in [5, 5.41) is 17.0. The summed E-state index contributed by atoms with van der Waals surface area (Å²) >= 11 is 1.65. The Morgan fingerprint density at radius 2 is 2.25 bits per heavy atom. The number of carboxylic acids is 1. The Morgan fingerprint density at radius 3 is 2.80 bits per heavy atom. The van der Waals surface area contributed by atoms with Gasteiger partial charge in [0.2, 0.25) is 0 Å². The molecule has 0 aliphatic carbocycles. The van der Waals surface area contributed by atoms with E-state index in [0.29, 0.717) is 13.0 Å². The van der Waals surface area contributed by atoms with Gasteiger partial charge in [-0.25, -0.2) is 0 Å². The van der Waals surface area contributed by atoms with Crippen LogP contribution in [0.3, 0.4) is 0 Å². The van der Waals surface area contributed by atoms with Gasteiger partial charge in [-0.15, -0.1) is 0 Å². The number of thiophene rings is 1. The van der Waals surface area contributed by atoms with Gasteiger partial charge in [0.15, 0.2) is 0 Å². The highest BCUT2D eigenvalue weighted by atomic mass is 32.1. The second kappa shape index (κ2) is 6.14. The van der Waals surface area contributed by atoms with Gasteiger partial charge in [0.05, 0.1) is 5.92 Å². The van der Waals surface area contributed by atoms with Crippen molar-refractivity contribution in [2.75, 3.05) is 24.5 Å². The van der Waals surface area contributed by atoms with Crippen LogP contribution in [0.1, 0.15) is 27.2 Å². The Morgan fingerprint density at radius 1 is 1.50 bits per heavy atom. The summed E-state index contributed by atoms with van der Waals surface area (Å²) in [4.78, 5) is 13.6. The Labute approximate surface area is 124 Å². The second-order valence-corrected chi connectivity index (χ2v) is 7.58. The number of anilines is 1. The van der Waals surface area contributed by atoms with Crippen molar-refractivity contribution in [2.45, 2.75) is 33.2 Å². The quantitative estimate of drug-likeness (QED) is 0.897. The molecule has 2 heterocycles. The number of rotatable bonds is 4. The highest BCUT2D eigenvalue weighted by Gasteiger charge is 2.32. The van der Waals surface area contributed by atoms with E-state index in [-0.39, 0.29) is 17.4 Å². The minimum Gasteiger partial charge on any atom is -0.481 e. The van der Waals surface area contributed by atoms with Gasteiger partial charge >= 0.3 is 5.97 Å². The fraction of sp³-hybridized carbons (Fsp3) is 0.667. The van der Waals surface area contributed by atoms with Gasteiger partial charge in [0, 0.05) is 36.7 Å². The standard InChI is InChI=1S/C15H24N2O2S/c1-15(2,3)10-16-12-6-11(14(18)19)7-17(8-12)13-4-5-20-9-13/h4-5,9,11-12,16H,6-8,10H2,1-3H3,(H,18,19). The molecule has 0 spiro atoms. The molecule has 1 aromatic heterocycles. The number of hydrogen-bond donors (Lipinski definition) is 2. The summed E-state index contributed by atoms with van der Waals surface area (Å²) in [7, 11) is 0. The van der Waals surface area contributed by atoms with Crippen LogP contribution in [0.15, 0.2) is 16.8 Å². The Kier molecular flexibility index (Phi) is 4.70. The van der Waals surface area contributed by atoms with Crippen molar-refractivity contribution in [3.63, 3.8) is 0 Å². The maximum Gasteiger partial charge on any atom is 0.308 e. The van der Waals surface area contributed by atoms with Crippen LogP contribution in [0.2, 0.25) is 0 Å². The number of carboxylic acid groups (broad SMARTS) is 1. The van der Waals surface area contributed by atoms with E-state index >= 15 is 0 Å². The van der Waals surface area contributed by atoms with E-state index in [0.717, 1.165) is 18.8 Å². The highest BCUT2D eigenvalue weighted by Crippen LogP contribution is 2.26. The summed E-state index contributed by atoms with van der Waals surface area (Å²) in [5.74, 6) is -0.978. The molecule has 1 saturated heterocycles. The van der Waals surface area contributed by atoms with E-state index < -0.39 is 5.97 Å². The number of aliphatic carboxylic acids is 1. The van der Waals surface area contributed by atoms with Crippen molar-refractivity contribution in [3.05, 3.63) is 16.8 Å². The van der Waals surface area contributed by atoms with Gasteiger partial charge in [-0.2, -0.15) is 11.3 Å². The maximum atomic E-state index is 11.4. The Balaban J connectivity index is 2.03. The molecule has 1 aromatic rings. The molecule has 2 rings (SSSR count). The SMILES string of the molecule is CC(C)(C)CNC1CC(C(=O)O)CN(c2ccsc2)C1. The highest BCUT2D eigenvalue weighted by molar-refractivity contribution is 7.08. The molecule has 1 fully saturated rings. The zero-order valence-electron chi connectivity index (χ0n) is 12.4. The fourth-order valence-corrected chi connectivity index (χ4v) is 3.19. The van der Waals surface area contributed by atoms with Crippen LogP contribution < -0.4 is 10.2 Å². The third kappa shape index (κ3) is 4.21. The fourth-order valence-electron chi connectivity index (χ4n) is 2.52. The third-order valence-corrected chi connectivity index (χ3v) is 4.26. The predicted molar refractivity (Wildman–Crippen MR) is 83.5 cm³/mol. The first-order valence-electron chi connectivity index (χ1n) is 7.08. The molecule has 0 radical (unpaired) electrons. The van der Waals surface area contributed by atoms with Crippen molar-refractivity contribution in [2.24, 2.45) is 11.3 Å². The summed E-state index contributed by atoms with van der Waals surface area (Å²) in [6.07, 6.45) is 0.714. The molecule has 20 heavy (non-hydrogen) atoms. The van der Waals surface area contributed by atoms with Crippen LogP contribution in [0, 0.1) is 11.3 Å². The molecule has 5 heteroatoms. The molecule has 1 aliphatic heterocycles. The first-order valence-corrected chi connectivity index (χ1v) is 8.03. The lowest BCUT2D eigenvalue weighted by Crippen LogP contribution is -2.52. The zero-order chi connectivity index (χ0) is 14.8. The first-order chi connectivity index (χ1) is 9.35. The Hall–Kier alpha value is -1.07. The number of nitrogens with one attached hydrogen (secondary N) is 1. The number of piperidine rings is 1. The van der Waals surface area contributed by atoms with Gasteiger partial charge in [-0.1, -0.05) is 20.8 Å². The van der Waals surface area contributed by atoms with E-state index in [1.54, 1.807) is 11.3 Å². The molecule has 0 saturated carbocycles. The molecule has 0 aromatic carbocycles. The molecular formula is C15H24N2O2S. The van der Waals surface area contributed by atoms with Crippen LogP contribution in [-0.4, -0.2) is 36.8 Å². The number of nitrogens with zero attached hydrogens (tertiary/aromatic N) is 1. The average molecular weight is 296 g/mol. The van der Waals surface area contributed by atoms with E-state index in [2.05, 4.69) is 42.4 Å². The van der Waals surface area contributed by atoms with Crippen molar-refractivity contribution in [1.29, 1.82) is 0 Å². The third-order valence-electron chi connectivity index (χ3n) is 3.59. The van der Waals surface area contributed by atoms with Crippen LogP contribution in [0.5, 0.6) is 0 Å². The second-order valence-electron chi connectivity index (χ2n) is 6.80. The van der Waals surface area contributed by atoms with Gasteiger partial charge in [0.25, 0.3) is 0 Å². The summed E-state index contributed by atoms with van der Waals surface area (Å²) < 4.78 is 0. The van der Waals surface area contributed by atoms with Crippen molar-refractivity contribution >= 4 is 23.0 Å². The van der Waals surface area contributed by atoms with Crippen molar-refractivity contribution in [1.82, 2.24) is 5.32 Å². The molecule has 0 amide bonds. The largest absolute Gasteiger partial charge is 0.481 e. The average Bonchev–Trinajstić information content (AvgIpc) is 2.89. The van der Waals surface area contributed by atoms with E-state index in [9.17, 15) is 9.90 Å². The first kappa shape index (κ1) is 15.3. The summed E-state index contributed by atoms with van der Waals surface area (Å²) in [5.41, 5.74) is 1.35. The lowest BCUT2D eigenvalue weighted by Gasteiger charge is -2.38. The molecular weight excluding hydrogens is 272 g/mol. The molecule has 0 bridgehead atoms. The van der Waals surface area contributed by atoms with Crippen molar-refractivity contribution < 1.29 is 9.90 Å². The van der Waals surface area contributed by atoms with Gasteiger partial charge in [-0.3, -0.25) is 4.79 Å². The number of hydrogen-bond acceptors (Lipinski definition) is 4. The minimum absolute atomic E-state index is 0.212. The lowest BCUT2D eigenvalue weighted by molar-refractivity contribution is -0.142. The van der Waals surface area contributed by atoms with Crippen LogP contribution >= 0.6 is 11.3 Å². The minimum atomic E-state index is -0.688. The van der Waals surface area contributed by atoms with E-state index in [4.69, 9.17) is 0 Å². The Bertz CT molecular complexity index is 439. The predicted octanol–water partition coefficient (Wildman–Crippen LogP) is 2.66. The van der Waals surface area contributed by atoms with Crippen LogP contribution in [0.4, 0.5) is 5.69 Å². The molecule has 2 N–H and O–H groups in total. The zero-order valence-corrected chi connectivity index (χ0v) is 13.2. The molecule has 112 valence electrons. The van der Waals surface area contributed by atoms with Crippen LogP contribution in [0.25, 0.3) is 0 Å². The van der Waals surface area contributed by atoms with Gasteiger partial charge in [0.1, 0.15) is 0 Å². The normalized spacial score (nSPS) is 23.9. The van der Waals surface area contributed by atoms with E-state index in [1.165, 1.54) is 0 Å². The maximum absolute atomic E-state index is 11.4. The topological polar surface area (TPSA) is 52.6 Å². The summed E-state index contributed by atoms with van der Waals surface area (Å²) in [6, 6.07) is 2.30. The summed E-state index contributed by atoms with van der Waals surface area (Å²) in [6.45, 7) is 8.97. The molecule has 2 unspecified atom stereocenters. The van der Waals surface area contributed by atoms with E-state index in [1.807, 2.05) is 5.38 Å². The van der Waals surface area contributed by atoms with Gasteiger partial charge < -0.3 is 15.3 Å². The monoisotopic (exact) mass is 296 g/mol. The smallest absolute Gasteiger partial charge is 0.308 e. The van der Waals surface area contributed by atoms with Gasteiger partial charge in [-0.05, 0) is 23.3 Å². The molecule has 2 atom stereocenters. The lowest BCUT2D eigenvalue weighted by atomic mass is 9.91. The number of carbonyl (C=O) groups is 1. The molecule has 4 nitrogen and oxygen atoms in total. The molecule has 1 aliphatic rings.